The van der Waals surface area contributed by atoms with Gasteiger partial charge in [0, 0.05) is 11.2 Å². The number of anilines is 1. The normalized spacial score (nSPS) is 26.1. The highest BCUT2D eigenvalue weighted by Crippen LogP contribution is 2.38. The molecule has 1 aromatic carbocycles. The third-order valence-corrected chi connectivity index (χ3v) is 3.82. The topological polar surface area (TPSA) is 29.3 Å². The monoisotopic (exact) mass is 218 g/mol. The molecule has 16 heavy (non-hydrogen) atoms. The molecule has 0 amide bonds. The molecule has 0 unspecified atom stereocenters. The van der Waals surface area contributed by atoms with Gasteiger partial charge < -0.3 is 5.73 Å². The lowest BCUT2D eigenvalue weighted by molar-refractivity contribution is 0.156. The molecule has 0 saturated carbocycles. The number of nitrogens with two attached hydrogens (primary N) is 1. The van der Waals surface area contributed by atoms with E-state index in [2.05, 4.69) is 30.9 Å². The second-order valence-electron chi connectivity index (χ2n) is 4.99. The number of nitrogen functional groups attached to an aromatic ring is 1. The van der Waals surface area contributed by atoms with Crippen LogP contribution in [0.5, 0.6) is 0 Å². The summed E-state index contributed by atoms with van der Waals surface area (Å²) in [7, 11) is 0. The smallest absolute Gasteiger partial charge is 0.0433 e. The maximum Gasteiger partial charge on any atom is 0.0433 e. The predicted octanol–water partition coefficient (Wildman–Crippen LogP) is 2.99. The third kappa shape index (κ3) is 1.94. The predicted molar refractivity (Wildman–Crippen MR) is 69.3 cm³/mol. The van der Waals surface area contributed by atoms with E-state index in [1.807, 2.05) is 12.1 Å². The van der Waals surface area contributed by atoms with E-state index in [0.29, 0.717) is 0 Å². The summed E-state index contributed by atoms with van der Waals surface area (Å²) in [6.07, 6.45) is 3.79. The van der Waals surface area contributed by atoms with Gasteiger partial charge >= 0.3 is 0 Å². The van der Waals surface area contributed by atoms with Crippen molar-refractivity contribution >= 4 is 5.69 Å². The van der Waals surface area contributed by atoms with Crippen molar-refractivity contribution in [3.8, 4) is 0 Å². The maximum absolute atomic E-state index is 5.75. The van der Waals surface area contributed by atoms with Crippen LogP contribution in [0, 0.1) is 0 Å². The number of benzene rings is 1. The zero-order valence-corrected chi connectivity index (χ0v) is 10.4. The molecular formula is C14H22N2. The van der Waals surface area contributed by atoms with Gasteiger partial charge in [-0.25, -0.2) is 0 Å². The molecule has 1 atom stereocenters. The van der Waals surface area contributed by atoms with Crippen molar-refractivity contribution in [2.75, 3.05) is 18.8 Å². The molecule has 1 aromatic rings. The summed E-state index contributed by atoms with van der Waals surface area (Å²) < 4.78 is 0. The summed E-state index contributed by atoms with van der Waals surface area (Å²) in [4.78, 5) is 2.61. The molecule has 1 aliphatic rings. The van der Waals surface area contributed by atoms with Gasteiger partial charge in [0.05, 0.1) is 0 Å². The summed E-state index contributed by atoms with van der Waals surface area (Å²) in [5.74, 6) is 0. The van der Waals surface area contributed by atoms with E-state index in [1.54, 1.807) is 0 Å². The Morgan fingerprint density at radius 2 is 2.00 bits per heavy atom. The van der Waals surface area contributed by atoms with Crippen LogP contribution in [0.2, 0.25) is 0 Å². The Labute approximate surface area is 98.4 Å². The van der Waals surface area contributed by atoms with E-state index in [1.165, 1.54) is 37.9 Å². The number of hydrogen-bond donors (Lipinski definition) is 1. The first kappa shape index (κ1) is 11.5. The number of hydrogen-bond acceptors (Lipinski definition) is 2. The standard InChI is InChI=1S/C14H22N2/c1-3-10-16-11-4-9-14(16,2)12-5-7-13(15)8-6-12/h5-8H,3-4,9-11,15H2,1-2H3/t14-/m0/s1. The first-order valence-electron chi connectivity index (χ1n) is 6.28. The fraction of sp³-hybridized carbons (Fsp3) is 0.571. The summed E-state index contributed by atoms with van der Waals surface area (Å²) >= 11 is 0. The molecule has 0 aromatic heterocycles. The largest absolute Gasteiger partial charge is 0.399 e. The van der Waals surface area contributed by atoms with E-state index in [4.69, 9.17) is 5.73 Å². The van der Waals surface area contributed by atoms with Crippen molar-refractivity contribution in [2.24, 2.45) is 0 Å². The van der Waals surface area contributed by atoms with Crippen molar-refractivity contribution in [3.63, 3.8) is 0 Å². The zero-order valence-electron chi connectivity index (χ0n) is 10.4. The second-order valence-corrected chi connectivity index (χ2v) is 4.99. The van der Waals surface area contributed by atoms with Crippen LogP contribution >= 0.6 is 0 Å². The maximum atomic E-state index is 5.75. The van der Waals surface area contributed by atoms with E-state index in [0.717, 1.165) is 5.69 Å². The molecule has 1 fully saturated rings. The Kier molecular flexibility index (Phi) is 3.20. The number of nitrogens with zero attached hydrogens (tertiary/aromatic N) is 1. The molecule has 88 valence electrons. The van der Waals surface area contributed by atoms with E-state index < -0.39 is 0 Å². The van der Waals surface area contributed by atoms with Gasteiger partial charge in [-0.1, -0.05) is 19.1 Å². The molecule has 2 nitrogen and oxygen atoms in total. The Morgan fingerprint density at radius 1 is 1.31 bits per heavy atom. The van der Waals surface area contributed by atoms with Crippen LogP contribution in [-0.4, -0.2) is 18.0 Å². The van der Waals surface area contributed by atoms with E-state index in [-0.39, 0.29) is 5.54 Å². The Hall–Kier alpha value is -1.02. The highest BCUT2D eigenvalue weighted by molar-refractivity contribution is 5.41. The highest BCUT2D eigenvalue weighted by atomic mass is 15.2. The molecule has 2 rings (SSSR count). The average Bonchev–Trinajstić information content (AvgIpc) is 2.63. The first-order chi connectivity index (χ1) is 7.66. The van der Waals surface area contributed by atoms with Crippen molar-refractivity contribution in [1.82, 2.24) is 4.90 Å². The molecule has 1 saturated heterocycles. The van der Waals surface area contributed by atoms with Gasteiger partial charge in [0.2, 0.25) is 0 Å². The molecule has 2 N–H and O–H groups in total. The minimum absolute atomic E-state index is 0.226. The van der Waals surface area contributed by atoms with Gasteiger partial charge in [0.15, 0.2) is 0 Å². The van der Waals surface area contributed by atoms with Gasteiger partial charge in [-0.3, -0.25) is 4.90 Å². The number of rotatable bonds is 3. The lowest BCUT2D eigenvalue weighted by Crippen LogP contribution is -2.38. The van der Waals surface area contributed by atoms with Crippen LogP contribution < -0.4 is 5.73 Å². The van der Waals surface area contributed by atoms with Crippen LogP contribution in [-0.2, 0) is 5.54 Å². The van der Waals surface area contributed by atoms with Crippen molar-refractivity contribution in [3.05, 3.63) is 29.8 Å². The zero-order chi connectivity index (χ0) is 11.6. The summed E-state index contributed by atoms with van der Waals surface area (Å²) in [6, 6.07) is 8.40. The van der Waals surface area contributed by atoms with Gasteiger partial charge in [-0.2, -0.15) is 0 Å². The lowest BCUT2D eigenvalue weighted by atomic mass is 9.89. The molecule has 1 aliphatic heterocycles. The Bertz CT molecular complexity index is 344. The SMILES string of the molecule is CCCN1CCC[C@@]1(C)c1ccc(N)cc1. The van der Waals surface area contributed by atoms with E-state index in [9.17, 15) is 0 Å². The molecule has 0 aliphatic carbocycles. The Morgan fingerprint density at radius 3 is 2.62 bits per heavy atom. The average molecular weight is 218 g/mol. The highest BCUT2D eigenvalue weighted by Gasteiger charge is 2.37. The Balaban J connectivity index is 2.26. The van der Waals surface area contributed by atoms with Crippen LogP contribution in [0.25, 0.3) is 0 Å². The van der Waals surface area contributed by atoms with Crippen LogP contribution in [0.4, 0.5) is 5.69 Å². The van der Waals surface area contributed by atoms with Crippen LogP contribution in [0.3, 0.4) is 0 Å². The number of likely N-dealkylation sites (tertiary alicyclic amines) is 1. The first-order valence-corrected chi connectivity index (χ1v) is 6.28. The van der Waals surface area contributed by atoms with Crippen molar-refractivity contribution < 1.29 is 0 Å². The molecule has 0 bridgehead atoms. The van der Waals surface area contributed by atoms with Gasteiger partial charge in [-0.15, -0.1) is 0 Å². The molecule has 2 heteroatoms. The van der Waals surface area contributed by atoms with Gasteiger partial charge in [0.25, 0.3) is 0 Å². The van der Waals surface area contributed by atoms with Gasteiger partial charge in [-0.05, 0) is 57.0 Å². The van der Waals surface area contributed by atoms with Gasteiger partial charge in [0.1, 0.15) is 0 Å². The third-order valence-electron chi connectivity index (χ3n) is 3.82. The minimum Gasteiger partial charge on any atom is -0.399 e. The quantitative estimate of drug-likeness (QED) is 0.790. The fourth-order valence-electron chi connectivity index (χ4n) is 2.82. The van der Waals surface area contributed by atoms with E-state index >= 15 is 0 Å². The summed E-state index contributed by atoms with van der Waals surface area (Å²) in [6.45, 7) is 7.04. The lowest BCUT2D eigenvalue weighted by Gasteiger charge is -2.35. The fourth-order valence-corrected chi connectivity index (χ4v) is 2.82. The molecule has 0 spiro atoms. The summed E-state index contributed by atoms with van der Waals surface area (Å²) in [5, 5.41) is 0. The van der Waals surface area contributed by atoms with Crippen molar-refractivity contribution in [2.45, 2.75) is 38.6 Å². The molecule has 0 radical (unpaired) electrons. The molecular weight excluding hydrogens is 196 g/mol. The summed E-state index contributed by atoms with van der Waals surface area (Å²) in [5.41, 5.74) is 8.24. The van der Waals surface area contributed by atoms with Crippen LogP contribution in [0.15, 0.2) is 24.3 Å². The van der Waals surface area contributed by atoms with Crippen LogP contribution in [0.1, 0.15) is 38.7 Å². The second kappa shape index (κ2) is 4.46. The minimum atomic E-state index is 0.226. The molecule has 1 heterocycles. The van der Waals surface area contributed by atoms with Crippen molar-refractivity contribution in [1.29, 1.82) is 0 Å².